The van der Waals surface area contributed by atoms with Crippen LogP contribution in [0.2, 0.25) is 0 Å². The third-order valence-electron chi connectivity index (χ3n) is 2.78. The van der Waals surface area contributed by atoms with E-state index >= 15 is 0 Å². The Hall–Kier alpha value is -1.69. The molecule has 1 aliphatic rings. The van der Waals surface area contributed by atoms with Crippen LogP contribution in [0.3, 0.4) is 0 Å². The molecule has 0 spiro atoms. The number of nitrogens with zero attached hydrogens (tertiary/aromatic N) is 2. The van der Waals surface area contributed by atoms with Gasteiger partial charge in [0.2, 0.25) is 0 Å². The molecule has 2 heterocycles. The van der Waals surface area contributed by atoms with Crippen LogP contribution in [-0.2, 0) is 0 Å². The second-order valence-corrected chi connectivity index (χ2v) is 3.83. The Morgan fingerprint density at radius 2 is 2.19 bits per heavy atom. The van der Waals surface area contributed by atoms with Gasteiger partial charge in [-0.1, -0.05) is 0 Å². The molecule has 0 unspecified atom stereocenters. The minimum atomic E-state index is -1.22. The zero-order valence-electron chi connectivity index (χ0n) is 8.72. The molecule has 0 atom stereocenters. The van der Waals surface area contributed by atoms with E-state index in [1.807, 2.05) is 0 Å². The summed E-state index contributed by atoms with van der Waals surface area (Å²) in [4.78, 5) is 25.6. The van der Waals surface area contributed by atoms with Crippen molar-refractivity contribution in [3.8, 4) is 0 Å². The minimum absolute atomic E-state index is 0.229. The first-order valence-electron chi connectivity index (χ1n) is 5.20. The lowest BCUT2D eigenvalue weighted by molar-refractivity contribution is 0.0693. The van der Waals surface area contributed by atoms with Crippen LogP contribution in [0.4, 0.5) is 0 Å². The zero-order chi connectivity index (χ0) is 11.5. The Labute approximate surface area is 91.9 Å². The van der Waals surface area contributed by atoms with E-state index in [0.717, 1.165) is 25.9 Å². The van der Waals surface area contributed by atoms with Crippen molar-refractivity contribution in [3.05, 3.63) is 28.4 Å². The Kier molecular flexibility index (Phi) is 3.00. The number of piperidine rings is 1. The van der Waals surface area contributed by atoms with Crippen LogP contribution in [0.25, 0.3) is 0 Å². The van der Waals surface area contributed by atoms with E-state index < -0.39 is 11.5 Å². The fourth-order valence-electron chi connectivity index (χ4n) is 1.88. The van der Waals surface area contributed by atoms with E-state index in [1.54, 1.807) is 4.57 Å². The van der Waals surface area contributed by atoms with Gasteiger partial charge < -0.3 is 15.0 Å². The lowest BCUT2D eigenvalue weighted by atomic mass is 10.1. The highest BCUT2D eigenvalue weighted by molar-refractivity contribution is 5.86. The highest BCUT2D eigenvalue weighted by atomic mass is 16.4. The summed E-state index contributed by atoms with van der Waals surface area (Å²) in [5.41, 5.74) is -0.946. The highest BCUT2D eigenvalue weighted by Gasteiger charge is 2.17. The van der Waals surface area contributed by atoms with Crippen molar-refractivity contribution in [2.24, 2.45) is 0 Å². The molecular weight excluding hydrogens is 210 g/mol. The van der Waals surface area contributed by atoms with Gasteiger partial charge >= 0.3 is 5.97 Å². The topological polar surface area (TPSA) is 84.2 Å². The van der Waals surface area contributed by atoms with Crippen molar-refractivity contribution in [1.82, 2.24) is 14.9 Å². The van der Waals surface area contributed by atoms with Crippen molar-refractivity contribution in [2.45, 2.75) is 18.9 Å². The predicted octanol–water partition coefficient (Wildman–Crippen LogP) is -0.134. The van der Waals surface area contributed by atoms with Crippen molar-refractivity contribution in [2.75, 3.05) is 13.1 Å². The molecular formula is C10H13N3O3. The first-order valence-corrected chi connectivity index (χ1v) is 5.20. The van der Waals surface area contributed by atoms with Crippen molar-refractivity contribution < 1.29 is 9.90 Å². The van der Waals surface area contributed by atoms with Crippen molar-refractivity contribution in [3.63, 3.8) is 0 Å². The Morgan fingerprint density at radius 1 is 1.50 bits per heavy atom. The normalized spacial score (nSPS) is 17.2. The van der Waals surface area contributed by atoms with Crippen LogP contribution >= 0.6 is 0 Å². The van der Waals surface area contributed by atoms with Gasteiger partial charge in [-0.2, -0.15) is 4.98 Å². The standard InChI is InChI=1S/C10H13N3O3/c14-9-8(10(15)16)5-13(6-12-9)7-1-3-11-4-2-7/h5-7,11H,1-4H2,(H,15,16). The first-order chi connectivity index (χ1) is 7.68. The maximum absolute atomic E-state index is 11.2. The molecule has 6 nitrogen and oxygen atoms in total. The third-order valence-corrected chi connectivity index (χ3v) is 2.78. The molecule has 0 radical (unpaired) electrons. The number of hydrogen-bond donors (Lipinski definition) is 2. The van der Waals surface area contributed by atoms with Crippen molar-refractivity contribution >= 4 is 5.97 Å². The summed E-state index contributed by atoms with van der Waals surface area (Å²) in [7, 11) is 0. The number of rotatable bonds is 2. The SMILES string of the molecule is O=C(O)c1cn(C2CCNCC2)cnc1=O. The number of nitrogens with one attached hydrogen (secondary N) is 1. The number of aromatic nitrogens is 2. The zero-order valence-corrected chi connectivity index (χ0v) is 8.72. The lowest BCUT2D eigenvalue weighted by Gasteiger charge is -2.24. The second kappa shape index (κ2) is 4.44. The summed E-state index contributed by atoms with van der Waals surface area (Å²) >= 11 is 0. The molecule has 0 amide bonds. The van der Waals surface area contributed by atoms with E-state index in [-0.39, 0.29) is 11.6 Å². The average Bonchev–Trinajstić information content (AvgIpc) is 2.30. The molecule has 16 heavy (non-hydrogen) atoms. The van der Waals surface area contributed by atoms with Gasteiger partial charge in [0.1, 0.15) is 5.56 Å². The summed E-state index contributed by atoms with van der Waals surface area (Å²) in [5, 5.41) is 12.0. The molecule has 1 aliphatic heterocycles. The monoisotopic (exact) mass is 223 g/mol. The molecule has 0 saturated carbocycles. The van der Waals surface area contributed by atoms with Crippen LogP contribution in [0, 0.1) is 0 Å². The Balaban J connectivity index is 2.31. The van der Waals surface area contributed by atoms with Crippen LogP contribution in [0.15, 0.2) is 17.3 Å². The van der Waals surface area contributed by atoms with E-state index in [1.165, 1.54) is 12.5 Å². The van der Waals surface area contributed by atoms with Gasteiger partial charge in [0, 0.05) is 12.2 Å². The van der Waals surface area contributed by atoms with Gasteiger partial charge in [0.15, 0.2) is 0 Å². The van der Waals surface area contributed by atoms with Gasteiger partial charge in [-0.3, -0.25) is 4.79 Å². The summed E-state index contributed by atoms with van der Waals surface area (Å²) in [5.74, 6) is -1.22. The molecule has 1 fully saturated rings. The van der Waals surface area contributed by atoms with Gasteiger partial charge in [-0.05, 0) is 25.9 Å². The quantitative estimate of drug-likeness (QED) is 0.729. The van der Waals surface area contributed by atoms with Crippen LogP contribution in [-0.4, -0.2) is 33.7 Å². The molecule has 6 heteroatoms. The molecule has 86 valence electrons. The lowest BCUT2D eigenvalue weighted by Crippen LogP contribution is -2.31. The number of carbonyl (C=O) groups is 1. The van der Waals surface area contributed by atoms with Crippen LogP contribution < -0.4 is 10.9 Å². The summed E-state index contributed by atoms with van der Waals surface area (Å²) in [6, 6.07) is 0.229. The van der Waals surface area contributed by atoms with Gasteiger partial charge in [0.25, 0.3) is 5.56 Å². The predicted molar refractivity (Wildman–Crippen MR) is 56.6 cm³/mol. The molecule has 0 aromatic carbocycles. The average molecular weight is 223 g/mol. The molecule has 1 aromatic heterocycles. The maximum Gasteiger partial charge on any atom is 0.342 e. The van der Waals surface area contributed by atoms with Crippen molar-refractivity contribution in [1.29, 1.82) is 0 Å². The van der Waals surface area contributed by atoms with Crippen LogP contribution in [0.1, 0.15) is 29.2 Å². The number of aromatic carboxylic acids is 1. The number of carboxylic acids is 1. The largest absolute Gasteiger partial charge is 0.477 e. The van der Waals surface area contributed by atoms with E-state index in [4.69, 9.17) is 5.11 Å². The molecule has 2 rings (SSSR count). The number of carboxylic acid groups (broad SMARTS) is 1. The fourth-order valence-corrected chi connectivity index (χ4v) is 1.88. The van der Waals surface area contributed by atoms with Gasteiger partial charge in [-0.15, -0.1) is 0 Å². The van der Waals surface area contributed by atoms with Gasteiger partial charge in [-0.25, -0.2) is 4.79 Å². The maximum atomic E-state index is 11.2. The summed E-state index contributed by atoms with van der Waals surface area (Å²) in [6.45, 7) is 1.80. The molecule has 1 aromatic rings. The van der Waals surface area contributed by atoms with E-state index in [0.29, 0.717) is 0 Å². The van der Waals surface area contributed by atoms with E-state index in [2.05, 4.69) is 10.3 Å². The van der Waals surface area contributed by atoms with Gasteiger partial charge in [0.05, 0.1) is 6.33 Å². The fraction of sp³-hybridized carbons (Fsp3) is 0.500. The van der Waals surface area contributed by atoms with E-state index in [9.17, 15) is 9.59 Å². The smallest absolute Gasteiger partial charge is 0.342 e. The Morgan fingerprint density at radius 3 is 2.81 bits per heavy atom. The molecule has 2 N–H and O–H groups in total. The molecule has 1 saturated heterocycles. The second-order valence-electron chi connectivity index (χ2n) is 3.83. The van der Waals surface area contributed by atoms with Crippen LogP contribution in [0.5, 0.6) is 0 Å². The molecule has 0 bridgehead atoms. The number of hydrogen-bond acceptors (Lipinski definition) is 4. The highest BCUT2D eigenvalue weighted by Crippen LogP contribution is 2.17. The Bertz CT molecular complexity index is 449. The summed E-state index contributed by atoms with van der Waals surface area (Å²) < 4.78 is 1.73. The minimum Gasteiger partial charge on any atom is -0.477 e. The summed E-state index contributed by atoms with van der Waals surface area (Å²) in [6.07, 6.45) is 4.64. The molecule has 0 aliphatic carbocycles. The first kappa shape index (κ1) is 10.8. The third kappa shape index (κ3) is 2.11.